The van der Waals surface area contributed by atoms with Gasteiger partial charge in [-0.1, -0.05) is 42.5 Å². The van der Waals surface area contributed by atoms with Gasteiger partial charge in [-0.05, 0) is 30.2 Å². The zero-order chi connectivity index (χ0) is 20.1. The van der Waals surface area contributed by atoms with E-state index < -0.39 is 0 Å². The maximum absolute atomic E-state index is 13.1. The van der Waals surface area contributed by atoms with E-state index in [0.717, 1.165) is 11.0 Å². The molecule has 3 heterocycles. The van der Waals surface area contributed by atoms with Crippen molar-refractivity contribution in [3.8, 4) is 0 Å². The molecule has 5 nitrogen and oxygen atoms in total. The molecule has 5 heteroatoms. The average Bonchev–Trinajstić information content (AvgIpc) is 3.40. The lowest BCUT2D eigenvalue weighted by Gasteiger charge is -2.30. The van der Waals surface area contributed by atoms with Gasteiger partial charge in [-0.3, -0.25) is 9.59 Å². The molecule has 2 aromatic carbocycles. The van der Waals surface area contributed by atoms with Gasteiger partial charge in [-0.25, -0.2) is 0 Å². The summed E-state index contributed by atoms with van der Waals surface area (Å²) >= 11 is 0. The van der Waals surface area contributed by atoms with Crippen molar-refractivity contribution in [2.24, 2.45) is 11.8 Å². The Hall–Kier alpha value is -3.08. The van der Waals surface area contributed by atoms with Gasteiger partial charge in [0.25, 0.3) is 5.91 Å². The average molecular weight is 388 g/mol. The number of aryl methyl sites for hydroxylation is 1. The van der Waals surface area contributed by atoms with Crippen molar-refractivity contribution in [1.82, 2.24) is 9.80 Å². The summed E-state index contributed by atoms with van der Waals surface area (Å²) in [4.78, 5) is 29.3. The number of likely N-dealkylation sites (tertiary alicyclic amines) is 2. The highest BCUT2D eigenvalue weighted by Crippen LogP contribution is 2.46. The highest BCUT2D eigenvalue weighted by atomic mass is 16.3. The molecule has 0 radical (unpaired) electrons. The minimum absolute atomic E-state index is 0.0205. The second-order valence-corrected chi connectivity index (χ2v) is 8.26. The Labute approximate surface area is 169 Å². The number of hydrogen-bond acceptors (Lipinski definition) is 3. The third kappa shape index (κ3) is 2.92. The molecule has 148 valence electrons. The van der Waals surface area contributed by atoms with Crippen molar-refractivity contribution in [2.45, 2.75) is 19.9 Å². The monoisotopic (exact) mass is 388 g/mol. The highest BCUT2D eigenvalue weighted by Gasteiger charge is 2.50. The molecule has 0 saturated carbocycles. The number of para-hydroxylation sites is 1. The summed E-state index contributed by atoms with van der Waals surface area (Å²) in [5.41, 5.74) is 3.11. The van der Waals surface area contributed by atoms with Crippen LogP contribution in [0.4, 0.5) is 0 Å². The van der Waals surface area contributed by atoms with Crippen LogP contribution in [0.2, 0.25) is 0 Å². The molecule has 29 heavy (non-hydrogen) atoms. The zero-order valence-corrected chi connectivity index (χ0v) is 16.7. The zero-order valence-electron chi connectivity index (χ0n) is 16.7. The highest BCUT2D eigenvalue weighted by molar-refractivity contribution is 5.96. The lowest BCUT2D eigenvalue weighted by atomic mass is 9.87. The molecular weight excluding hydrogens is 364 g/mol. The van der Waals surface area contributed by atoms with Gasteiger partial charge in [-0.2, -0.15) is 0 Å². The Bertz CT molecular complexity index is 1070. The molecule has 3 aromatic rings. The van der Waals surface area contributed by atoms with Crippen LogP contribution in [0, 0.1) is 18.8 Å². The smallest absolute Gasteiger partial charge is 0.289 e. The van der Waals surface area contributed by atoms with Crippen LogP contribution in [0.3, 0.4) is 0 Å². The first-order chi connectivity index (χ1) is 14.0. The largest absolute Gasteiger partial charge is 0.451 e. The summed E-state index contributed by atoms with van der Waals surface area (Å²) in [6.07, 6.45) is 0. The SMILES string of the molecule is CC(=O)N1C[C@H]2CN(C(=O)c3cc4ccccc4o3)C[C@H]2[C@H]1c1ccccc1C. The molecule has 2 aliphatic rings. The predicted molar refractivity (Wildman–Crippen MR) is 110 cm³/mol. The summed E-state index contributed by atoms with van der Waals surface area (Å²) in [6, 6.07) is 17.8. The number of amides is 2. The van der Waals surface area contributed by atoms with Crippen LogP contribution in [0.1, 0.15) is 34.6 Å². The number of carbonyl (C=O) groups is 2. The Kier molecular flexibility index (Phi) is 4.19. The molecule has 0 N–H and O–H groups in total. The number of nitrogens with zero attached hydrogens (tertiary/aromatic N) is 2. The van der Waals surface area contributed by atoms with E-state index in [1.807, 2.05) is 52.3 Å². The van der Waals surface area contributed by atoms with Crippen LogP contribution in [-0.2, 0) is 4.79 Å². The molecule has 2 aliphatic heterocycles. The molecule has 2 saturated heterocycles. The normalized spacial score (nSPS) is 23.6. The molecule has 0 aliphatic carbocycles. The van der Waals surface area contributed by atoms with Crippen molar-refractivity contribution >= 4 is 22.8 Å². The summed E-state index contributed by atoms with van der Waals surface area (Å²) in [7, 11) is 0. The summed E-state index contributed by atoms with van der Waals surface area (Å²) in [5, 5.41) is 0.941. The van der Waals surface area contributed by atoms with E-state index in [-0.39, 0.29) is 29.7 Å². The molecule has 1 aromatic heterocycles. The molecule has 3 atom stereocenters. The van der Waals surface area contributed by atoms with Crippen LogP contribution in [0.25, 0.3) is 11.0 Å². The minimum Gasteiger partial charge on any atom is -0.451 e. The number of furan rings is 1. The number of rotatable bonds is 2. The van der Waals surface area contributed by atoms with E-state index >= 15 is 0 Å². The van der Waals surface area contributed by atoms with Crippen LogP contribution >= 0.6 is 0 Å². The molecular formula is C24H24N2O3. The molecule has 5 rings (SSSR count). The van der Waals surface area contributed by atoms with E-state index in [9.17, 15) is 9.59 Å². The van der Waals surface area contributed by atoms with Gasteiger partial charge >= 0.3 is 0 Å². The third-order valence-electron chi connectivity index (χ3n) is 6.50. The van der Waals surface area contributed by atoms with Crippen molar-refractivity contribution in [3.63, 3.8) is 0 Å². The maximum Gasteiger partial charge on any atom is 0.289 e. The summed E-state index contributed by atoms with van der Waals surface area (Å²) < 4.78 is 5.80. The first kappa shape index (κ1) is 18.0. The van der Waals surface area contributed by atoms with Crippen molar-refractivity contribution < 1.29 is 14.0 Å². The number of hydrogen-bond donors (Lipinski definition) is 0. The van der Waals surface area contributed by atoms with Crippen molar-refractivity contribution in [2.75, 3.05) is 19.6 Å². The standard InChI is InChI=1S/C24H24N2O3/c1-15-7-3-5-9-19(15)23-20-14-25(12-18(20)13-26(23)16(2)27)24(28)22-11-17-8-4-6-10-21(17)29-22/h3-11,18,20,23H,12-14H2,1-2H3/t18-,20-,23-/m1/s1. The topological polar surface area (TPSA) is 53.8 Å². The molecule has 0 unspecified atom stereocenters. The fourth-order valence-corrected chi connectivity index (χ4v) is 5.10. The number of carbonyl (C=O) groups excluding carboxylic acids is 2. The number of benzene rings is 2. The maximum atomic E-state index is 13.1. The lowest BCUT2D eigenvalue weighted by molar-refractivity contribution is -0.130. The second-order valence-electron chi connectivity index (χ2n) is 8.26. The van der Waals surface area contributed by atoms with Gasteiger partial charge in [-0.15, -0.1) is 0 Å². The second kappa shape index (κ2) is 6.76. The fourth-order valence-electron chi connectivity index (χ4n) is 5.10. The number of fused-ring (bicyclic) bond motifs is 2. The van der Waals surface area contributed by atoms with Gasteiger partial charge < -0.3 is 14.2 Å². The van der Waals surface area contributed by atoms with Crippen LogP contribution in [0.5, 0.6) is 0 Å². The van der Waals surface area contributed by atoms with E-state index in [4.69, 9.17) is 4.42 Å². The molecule has 0 bridgehead atoms. The lowest BCUT2D eigenvalue weighted by Crippen LogP contribution is -2.36. The fraction of sp³-hybridized carbons (Fsp3) is 0.333. The van der Waals surface area contributed by atoms with Crippen LogP contribution in [0.15, 0.2) is 59.0 Å². The van der Waals surface area contributed by atoms with E-state index in [1.165, 1.54) is 11.1 Å². The van der Waals surface area contributed by atoms with Gasteiger partial charge in [0.05, 0.1) is 6.04 Å². The molecule has 2 fully saturated rings. The van der Waals surface area contributed by atoms with E-state index in [2.05, 4.69) is 19.1 Å². The van der Waals surface area contributed by atoms with Crippen molar-refractivity contribution in [3.05, 3.63) is 71.5 Å². The Morgan fingerprint density at radius 1 is 1.00 bits per heavy atom. The summed E-state index contributed by atoms with van der Waals surface area (Å²) in [6.45, 7) is 5.73. The Morgan fingerprint density at radius 2 is 1.76 bits per heavy atom. The van der Waals surface area contributed by atoms with E-state index in [0.29, 0.717) is 25.4 Å². The Morgan fingerprint density at radius 3 is 2.52 bits per heavy atom. The third-order valence-corrected chi connectivity index (χ3v) is 6.50. The first-order valence-corrected chi connectivity index (χ1v) is 10.1. The van der Waals surface area contributed by atoms with Gasteiger partial charge in [0, 0.05) is 43.8 Å². The first-order valence-electron chi connectivity index (χ1n) is 10.1. The minimum atomic E-state index is -0.0616. The predicted octanol–water partition coefficient (Wildman–Crippen LogP) is 4.03. The quantitative estimate of drug-likeness (QED) is 0.666. The Balaban J connectivity index is 1.43. The van der Waals surface area contributed by atoms with Gasteiger partial charge in [0.1, 0.15) is 5.58 Å². The summed E-state index contributed by atoms with van der Waals surface area (Å²) in [5.74, 6) is 0.962. The van der Waals surface area contributed by atoms with Crippen LogP contribution < -0.4 is 0 Å². The van der Waals surface area contributed by atoms with Gasteiger partial charge in [0.2, 0.25) is 5.91 Å². The molecule has 2 amide bonds. The molecule has 0 spiro atoms. The van der Waals surface area contributed by atoms with E-state index in [1.54, 1.807) is 6.92 Å². The van der Waals surface area contributed by atoms with Gasteiger partial charge in [0.15, 0.2) is 5.76 Å². The van der Waals surface area contributed by atoms with Crippen LogP contribution in [-0.4, -0.2) is 41.2 Å². The van der Waals surface area contributed by atoms with Crippen molar-refractivity contribution in [1.29, 1.82) is 0 Å².